The SMILES string of the molecule is CNCC=Cc1cc(C)cc(OC)c1. The molecule has 1 N–H and O–H groups in total. The van der Waals surface area contributed by atoms with Crippen molar-refractivity contribution in [2.75, 3.05) is 20.7 Å². The molecular weight excluding hydrogens is 174 g/mol. The molecule has 1 aromatic rings. The number of hydrogen-bond donors (Lipinski definition) is 1. The molecule has 0 saturated heterocycles. The van der Waals surface area contributed by atoms with Crippen molar-refractivity contribution in [3.63, 3.8) is 0 Å². The molecule has 1 rings (SSSR count). The Morgan fingerprint density at radius 3 is 2.79 bits per heavy atom. The molecule has 0 aliphatic carbocycles. The summed E-state index contributed by atoms with van der Waals surface area (Å²) in [6, 6.07) is 6.18. The first-order chi connectivity index (χ1) is 6.76. The van der Waals surface area contributed by atoms with Crippen LogP contribution in [0.15, 0.2) is 24.3 Å². The van der Waals surface area contributed by atoms with E-state index in [1.807, 2.05) is 19.2 Å². The number of aryl methyl sites for hydroxylation is 1. The minimum Gasteiger partial charge on any atom is -0.497 e. The van der Waals surface area contributed by atoms with Crippen molar-refractivity contribution in [2.45, 2.75) is 6.92 Å². The highest BCUT2D eigenvalue weighted by Crippen LogP contribution is 2.17. The molecule has 2 heteroatoms. The Hall–Kier alpha value is -1.28. The smallest absolute Gasteiger partial charge is 0.119 e. The number of nitrogens with one attached hydrogen (secondary N) is 1. The summed E-state index contributed by atoms with van der Waals surface area (Å²) in [5.74, 6) is 0.911. The summed E-state index contributed by atoms with van der Waals surface area (Å²) in [6.07, 6.45) is 4.18. The van der Waals surface area contributed by atoms with Crippen molar-refractivity contribution in [1.82, 2.24) is 5.32 Å². The van der Waals surface area contributed by atoms with Crippen molar-refractivity contribution in [3.05, 3.63) is 35.4 Å². The average Bonchev–Trinajstić information content (AvgIpc) is 2.17. The van der Waals surface area contributed by atoms with Gasteiger partial charge in [-0.2, -0.15) is 0 Å². The molecule has 0 atom stereocenters. The van der Waals surface area contributed by atoms with Gasteiger partial charge in [0.05, 0.1) is 7.11 Å². The summed E-state index contributed by atoms with van der Waals surface area (Å²) >= 11 is 0. The zero-order valence-electron chi connectivity index (χ0n) is 9.00. The number of benzene rings is 1. The highest BCUT2D eigenvalue weighted by molar-refractivity contribution is 5.53. The Bertz CT molecular complexity index is 318. The summed E-state index contributed by atoms with van der Waals surface area (Å²) in [5.41, 5.74) is 2.39. The molecule has 0 aliphatic heterocycles. The maximum atomic E-state index is 5.19. The molecule has 1 aromatic carbocycles. The second-order valence-corrected chi connectivity index (χ2v) is 3.24. The van der Waals surface area contributed by atoms with Crippen molar-refractivity contribution in [1.29, 1.82) is 0 Å². The van der Waals surface area contributed by atoms with Crippen LogP contribution in [0.1, 0.15) is 11.1 Å². The lowest BCUT2D eigenvalue weighted by atomic mass is 10.1. The fraction of sp³-hybridized carbons (Fsp3) is 0.333. The van der Waals surface area contributed by atoms with Crippen LogP contribution in [0.2, 0.25) is 0 Å². The van der Waals surface area contributed by atoms with Gasteiger partial charge in [-0.1, -0.05) is 18.2 Å². The lowest BCUT2D eigenvalue weighted by Crippen LogP contribution is -2.03. The molecule has 0 radical (unpaired) electrons. The summed E-state index contributed by atoms with van der Waals surface area (Å²) in [6.45, 7) is 2.95. The van der Waals surface area contributed by atoms with Crippen LogP contribution in [0.3, 0.4) is 0 Å². The highest BCUT2D eigenvalue weighted by atomic mass is 16.5. The summed E-state index contributed by atoms with van der Waals surface area (Å²) in [5, 5.41) is 3.06. The van der Waals surface area contributed by atoms with E-state index < -0.39 is 0 Å². The van der Waals surface area contributed by atoms with Crippen molar-refractivity contribution in [3.8, 4) is 5.75 Å². The van der Waals surface area contributed by atoms with E-state index in [9.17, 15) is 0 Å². The second kappa shape index (κ2) is 5.45. The van der Waals surface area contributed by atoms with Gasteiger partial charge >= 0.3 is 0 Å². The molecule has 0 saturated carbocycles. The Morgan fingerprint density at radius 2 is 2.14 bits per heavy atom. The molecule has 0 aromatic heterocycles. The van der Waals surface area contributed by atoms with Gasteiger partial charge in [-0.25, -0.2) is 0 Å². The van der Waals surface area contributed by atoms with E-state index in [1.165, 1.54) is 11.1 Å². The predicted molar refractivity (Wildman–Crippen MR) is 60.7 cm³/mol. The molecule has 0 spiro atoms. The van der Waals surface area contributed by atoms with Gasteiger partial charge in [0, 0.05) is 6.54 Å². The number of rotatable bonds is 4. The molecule has 0 amide bonds. The quantitative estimate of drug-likeness (QED) is 0.788. The number of hydrogen-bond acceptors (Lipinski definition) is 2. The van der Waals surface area contributed by atoms with Crippen LogP contribution >= 0.6 is 0 Å². The van der Waals surface area contributed by atoms with Gasteiger partial charge in [-0.3, -0.25) is 0 Å². The molecule has 0 aliphatic rings. The van der Waals surface area contributed by atoms with Crippen LogP contribution in [0.5, 0.6) is 5.75 Å². The van der Waals surface area contributed by atoms with Gasteiger partial charge in [-0.15, -0.1) is 0 Å². The van der Waals surface area contributed by atoms with E-state index in [1.54, 1.807) is 7.11 Å². The maximum Gasteiger partial charge on any atom is 0.119 e. The molecule has 0 unspecified atom stereocenters. The Balaban J connectivity index is 2.81. The van der Waals surface area contributed by atoms with E-state index in [0.717, 1.165) is 12.3 Å². The third kappa shape index (κ3) is 3.23. The van der Waals surface area contributed by atoms with Gasteiger partial charge in [0.2, 0.25) is 0 Å². The minimum absolute atomic E-state index is 0.885. The molecule has 0 bridgehead atoms. The first-order valence-electron chi connectivity index (χ1n) is 4.73. The van der Waals surface area contributed by atoms with Gasteiger partial charge < -0.3 is 10.1 Å². The summed E-state index contributed by atoms with van der Waals surface area (Å²) < 4.78 is 5.19. The van der Waals surface area contributed by atoms with E-state index >= 15 is 0 Å². The third-order valence-electron chi connectivity index (χ3n) is 1.94. The van der Waals surface area contributed by atoms with E-state index in [2.05, 4.69) is 30.5 Å². The predicted octanol–water partition coefficient (Wildman–Crippen LogP) is 2.24. The third-order valence-corrected chi connectivity index (χ3v) is 1.94. The van der Waals surface area contributed by atoms with Gasteiger partial charge in [0.1, 0.15) is 5.75 Å². The van der Waals surface area contributed by atoms with E-state index in [-0.39, 0.29) is 0 Å². The van der Waals surface area contributed by atoms with Crippen LogP contribution in [0.25, 0.3) is 6.08 Å². The zero-order valence-corrected chi connectivity index (χ0v) is 9.00. The summed E-state index contributed by atoms with van der Waals surface area (Å²) in [4.78, 5) is 0. The monoisotopic (exact) mass is 191 g/mol. The van der Waals surface area contributed by atoms with E-state index in [4.69, 9.17) is 4.74 Å². The number of likely N-dealkylation sites (N-methyl/N-ethyl adjacent to an activating group) is 1. The van der Waals surface area contributed by atoms with Crippen molar-refractivity contribution in [2.24, 2.45) is 0 Å². The molecule has 0 heterocycles. The first-order valence-corrected chi connectivity index (χ1v) is 4.73. The minimum atomic E-state index is 0.885. The van der Waals surface area contributed by atoms with Gasteiger partial charge in [-0.05, 0) is 37.2 Å². The fourth-order valence-corrected chi connectivity index (χ4v) is 1.30. The zero-order chi connectivity index (χ0) is 10.4. The van der Waals surface area contributed by atoms with Crippen molar-refractivity contribution < 1.29 is 4.74 Å². The fourth-order valence-electron chi connectivity index (χ4n) is 1.30. The topological polar surface area (TPSA) is 21.3 Å². The van der Waals surface area contributed by atoms with Crippen molar-refractivity contribution >= 4 is 6.08 Å². The van der Waals surface area contributed by atoms with Crippen LogP contribution in [-0.2, 0) is 0 Å². The molecular formula is C12H17NO. The Labute approximate surface area is 85.6 Å². The summed E-state index contributed by atoms with van der Waals surface area (Å²) in [7, 11) is 3.62. The van der Waals surface area contributed by atoms with E-state index in [0.29, 0.717) is 0 Å². The largest absolute Gasteiger partial charge is 0.497 e. The molecule has 0 fully saturated rings. The highest BCUT2D eigenvalue weighted by Gasteiger charge is 1.94. The van der Waals surface area contributed by atoms with Crippen LogP contribution in [0, 0.1) is 6.92 Å². The molecule has 2 nitrogen and oxygen atoms in total. The van der Waals surface area contributed by atoms with Gasteiger partial charge in [0.25, 0.3) is 0 Å². The Kier molecular flexibility index (Phi) is 4.20. The second-order valence-electron chi connectivity index (χ2n) is 3.24. The molecule has 14 heavy (non-hydrogen) atoms. The van der Waals surface area contributed by atoms with Crippen LogP contribution in [-0.4, -0.2) is 20.7 Å². The number of ether oxygens (including phenoxy) is 1. The van der Waals surface area contributed by atoms with Crippen LogP contribution in [0.4, 0.5) is 0 Å². The Morgan fingerprint density at radius 1 is 1.36 bits per heavy atom. The maximum absolute atomic E-state index is 5.19. The molecule has 76 valence electrons. The normalized spacial score (nSPS) is 10.8. The van der Waals surface area contributed by atoms with Crippen LogP contribution < -0.4 is 10.1 Å². The standard InChI is InChI=1S/C12H17NO/c1-10-7-11(5-4-6-13-2)9-12(8-10)14-3/h4-5,7-9,13H,6H2,1-3H3. The lowest BCUT2D eigenvalue weighted by Gasteiger charge is -2.03. The average molecular weight is 191 g/mol. The lowest BCUT2D eigenvalue weighted by molar-refractivity contribution is 0.414. The first kappa shape index (κ1) is 10.8. The number of methoxy groups -OCH3 is 1. The van der Waals surface area contributed by atoms with Gasteiger partial charge in [0.15, 0.2) is 0 Å².